The third-order valence-corrected chi connectivity index (χ3v) is 4.55. The zero-order valence-electron chi connectivity index (χ0n) is 16.3. The van der Waals surface area contributed by atoms with E-state index in [4.69, 9.17) is 9.47 Å². The quantitative estimate of drug-likeness (QED) is 0.459. The second-order valence-corrected chi connectivity index (χ2v) is 6.41. The second-order valence-electron chi connectivity index (χ2n) is 6.41. The Bertz CT molecular complexity index is 1010. The molecule has 0 saturated carbocycles. The predicted molar refractivity (Wildman–Crippen MR) is 107 cm³/mol. The van der Waals surface area contributed by atoms with Crippen molar-refractivity contribution in [1.29, 1.82) is 0 Å². The van der Waals surface area contributed by atoms with Gasteiger partial charge >= 0.3 is 5.97 Å². The van der Waals surface area contributed by atoms with Crippen molar-refractivity contribution in [2.24, 2.45) is 0 Å². The van der Waals surface area contributed by atoms with Gasteiger partial charge in [-0.1, -0.05) is 18.2 Å². The molecule has 0 spiro atoms. The minimum absolute atomic E-state index is 0.208. The van der Waals surface area contributed by atoms with Crippen LogP contribution in [0.4, 0.5) is 5.69 Å². The average Bonchev–Trinajstić information content (AvgIpc) is 2.96. The Hall–Kier alpha value is -3.45. The van der Waals surface area contributed by atoms with Gasteiger partial charge in [0.15, 0.2) is 0 Å². The van der Waals surface area contributed by atoms with E-state index in [1.807, 2.05) is 0 Å². The number of carbonyl (C=O) groups excluding carboxylic acids is 3. The number of rotatable bonds is 6. The van der Waals surface area contributed by atoms with Crippen molar-refractivity contribution in [3.63, 3.8) is 0 Å². The standard InChI is InChI=1S/C22H21NO6/c1-4-29-19(25)11-9-14-6-5-7-18(28-3)20(14)23-21(26)16-10-8-15(13(2)24)12-17(16)22(23)27/h5-13,24H,4H2,1-3H3/b11-9+. The zero-order valence-corrected chi connectivity index (χ0v) is 16.3. The summed E-state index contributed by atoms with van der Waals surface area (Å²) in [5.74, 6) is -1.26. The molecular weight excluding hydrogens is 374 g/mol. The smallest absolute Gasteiger partial charge is 0.330 e. The molecule has 7 heteroatoms. The SMILES string of the molecule is CCOC(=O)/C=C/c1cccc(OC)c1N1C(=O)c2ccc(C(C)O)cc2C1=O. The van der Waals surface area contributed by atoms with Crippen molar-refractivity contribution in [1.82, 2.24) is 0 Å². The molecule has 3 rings (SSSR count). The van der Waals surface area contributed by atoms with Crippen molar-refractivity contribution in [2.75, 3.05) is 18.6 Å². The number of ether oxygens (including phenoxy) is 2. The molecule has 7 nitrogen and oxygen atoms in total. The van der Waals surface area contributed by atoms with Crippen LogP contribution in [0, 0.1) is 0 Å². The lowest BCUT2D eigenvalue weighted by atomic mass is 10.0. The molecule has 0 bridgehead atoms. The number of fused-ring (bicyclic) bond motifs is 1. The molecular formula is C22H21NO6. The number of imide groups is 1. The maximum absolute atomic E-state index is 13.1. The molecule has 2 aromatic rings. The average molecular weight is 395 g/mol. The molecule has 29 heavy (non-hydrogen) atoms. The van der Waals surface area contributed by atoms with E-state index in [9.17, 15) is 19.5 Å². The fourth-order valence-electron chi connectivity index (χ4n) is 3.15. The van der Waals surface area contributed by atoms with Crippen LogP contribution in [0.5, 0.6) is 5.75 Å². The Balaban J connectivity index is 2.09. The molecule has 1 N–H and O–H groups in total. The molecule has 150 valence electrons. The van der Waals surface area contributed by atoms with Crippen molar-refractivity contribution in [3.05, 3.63) is 64.7 Å². The Kier molecular flexibility index (Phi) is 5.79. The number of esters is 1. The molecule has 1 atom stereocenters. The highest BCUT2D eigenvalue weighted by molar-refractivity contribution is 6.35. The maximum atomic E-state index is 13.1. The molecule has 0 aromatic heterocycles. The van der Waals surface area contributed by atoms with Crippen LogP contribution in [-0.4, -0.2) is 36.6 Å². The molecule has 1 aliphatic rings. The lowest BCUT2D eigenvalue weighted by molar-refractivity contribution is -0.137. The third kappa shape index (κ3) is 3.77. The highest BCUT2D eigenvalue weighted by Gasteiger charge is 2.39. The van der Waals surface area contributed by atoms with Crippen LogP contribution in [0.2, 0.25) is 0 Å². The second kappa shape index (κ2) is 8.28. The molecule has 0 radical (unpaired) electrons. The molecule has 2 amide bonds. The van der Waals surface area contributed by atoms with Crippen molar-refractivity contribution in [3.8, 4) is 5.75 Å². The fraction of sp³-hybridized carbons (Fsp3) is 0.227. The molecule has 1 heterocycles. The Morgan fingerprint density at radius 3 is 2.55 bits per heavy atom. The number of carbonyl (C=O) groups is 3. The van der Waals surface area contributed by atoms with Crippen LogP contribution >= 0.6 is 0 Å². The van der Waals surface area contributed by atoms with Gasteiger partial charge in [-0.3, -0.25) is 9.59 Å². The lowest BCUT2D eigenvalue weighted by Crippen LogP contribution is -2.30. The van der Waals surface area contributed by atoms with Gasteiger partial charge in [-0.25, -0.2) is 9.69 Å². The van der Waals surface area contributed by atoms with E-state index >= 15 is 0 Å². The normalized spacial score (nSPS) is 14.3. The van der Waals surface area contributed by atoms with E-state index in [1.54, 1.807) is 38.1 Å². The van der Waals surface area contributed by atoms with Gasteiger partial charge in [-0.2, -0.15) is 0 Å². The van der Waals surface area contributed by atoms with E-state index in [0.717, 1.165) is 4.90 Å². The van der Waals surface area contributed by atoms with Crippen LogP contribution in [0.25, 0.3) is 6.08 Å². The molecule has 1 aliphatic heterocycles. The number of amides is 2. The third-order valence-electron chi connectivity index (χ3n) is 4.55. The first-order valence-electron chi connectivity index (χ1n) is 9.11. The van der Waals surface area contributed by atoms with E-state index in [0.29, 0.717) is 16.9 Å². The first-order valence-corrected chi connectivity index (χ1v) is 9.11. The van der Waals surface area contributed by atoms with Crippen LogP contribution in [0.15, 0.2) is 42.5 Å². The number of nitrogens with zero attached hydrogens (tertiary/aromatic N) is 1. The van der Waals surface area contributed by atoms with Gasteiger partial charge in [0.25, 0.3) is 11.8 Å². The first-order chi connectivity index (χ1) is 13.9. The van der Waals surface area contributed by atoms with Crippen LogP contribution in [0.1, 0.15) is 51.8 Å². The molecule has 0 fully saturated rings. The maximum Gasteiger partial charge on any atom is 0.330 e. The van der Waals surface area contributed by atoms with Gasteiger partial charge in [-0.15, -0.1) is 0 Å². The van der Waals surface area contributed by atoms with Gasteiger partial charge in [0.05, 0.1) is 30.9 Å². The van der Waals surface area contributed by atoms with Gasteiger partial charge in [-0.05, 0) is 43.7 Å². The van der Waals surface area contributed by atoms with Gasteiger partial charge in [0.2, 0.25) is 0 Å². The minimum atomic E-state index is -0.772. The highest BCUT2D eigenvalue weighted by atomic mass is 16.5. The van der Waals surface area contributed by atoms with Crippen molar-refractivity contribution in [2.45, 2.75) is 20.0 Å². The fourth-order valence-corrected chi connectivity index (χ4v) is 3.15. The molecule has 1 unspecified atom stereocenters. The summed E-state index contributed by atoms with van der Waals surface area (Å²) in [5, 5.41) is 9.80. The van der Waals surface area contributed by atoms with Crippen LogP contribution in [-0.2, 0) is 9.53 Å². The monoisotopic (exact) mass is 395 g/mol. The number of benzene rings is 2. The summed E-state index contributed by atoms with van der Waals surface area (Å²) in [6.07, 6.45) is 1.93. The Labute approximate surface area is 168 Å². The summed E-state index contributed by atoms with van der Waals surface area (Å²) in [4.78, 5) is 38.8. The largest absolute Gasteiger partial charge is 0.495 e. The summed E-state index contributed by atoms with van der Waals surface area (Å²) >= 11 is 0. The number of methoxy groups -OCH3 is 1. The number of anilines is 1. The molecule has 2 aromatic carbocycles. The molecule has 0 aliphatic carbocycles. The van der Waals surface area contributed by atoms with E-state index in [1.165, 1.54) is 31.4 Å². The first kappa shape index (κ1) is 20.3. The number of aliphatic hydroxyl groups is 1. The topological polar surface area (TPSA) is 93.1 Å². The number of para-hydroxylation sites is 1. The van der Waals surface area contributed by atoms with Gasteiger partial charge in [0.1, 0.15) is 11.4 Å². The number of aliphatic hydroxyl groups excluding tert-OH is 1. The Morgan fingerprint density at radius 1 is 1.17 bits per heavy atom. The predicted octanol–water partition coefficient (Wildman–Crippen LogP) is 3.13. The van der Waals surface area contributed by atoms with Crippen LogP contribution < -0.4 is 9.64 Å². The zero-order chi connectivity index (χ0) is 21.1. The molecule has 0 saturated heterocycles. The van der Waals surface area contributed by atoms with Crippen molar-refractivity contribution >= 4 is 29.5 Å². The summed E-state index contributed by atoms with van der Waals surface area (Å²) in [5.41, 5.74) is 1.67. The summed E-state index contributed by atoms with van der Waals surface area (Å²) in [7, 11) is 1.43. The van der Waals surface area contributed by atoms with Gasteiger partial charge < -0.3 is 14.6 Å². The number of hydrogen-bond acceptors (Lipinski definition) is 6. The highest BCUT2D eigenvalue weighted by Crippen LogP contribution is 2.38. The van der Waals surface area contributed by atoms with E-state index in [2.05, 4.69) is 0 Å². The number of hydrogen-bond donors (Lipinski definition) is 1. The van der Waals surface area contributed by atoms with E-state index in [-0.39, 0.29) is 23.4 Å². The summed E-state index contributed by atoms with van der Waals surface area (Å²) < 4.78 is 10.3. The lowest BCUT2D eigenvalue weighted by Gasteiger charge is -2.20. The summed E-state index contributed by atoms with van der Waals surface area (Å²) in [6, 6.07) is 9.64. The minimum Gasteiger partial charge on any atom is -0.495 e. The van der Waals surface area contributed by atoms with Crippen molar-refractivity contribution < 1.29 is 29.0 Å². The Morgan fingerprint density at radius 2 is 1.90 bits per heavy atom. The van der Waals surface area contributed by atoms with Crippen LogP contribution in [0.3, 0.4) is 0 Å². The van der Waals surface area contributed by atoms with E-state index < -0.39 is 23.9 Å². The van der Waals surface area contributed by atoms with Gasteiger partial charge in [0, 0.05) is 11.6 Å². The summed E-state index contributed by atoms with van der Waals surface area (Å²) in [6.45, 7) is 3.51.